The van der Waals surface area contributed by atoms with Gasteiger partial charge >= 0.3 is 6.61 Å². The molecule has 0 fully saturated rings. The van der Waals surface area contributed by atoms with E-state index in [1.165, 1.54) is 19.2 Å². The van der Waals surface area contributed by atoms with E-state index in [9.17, 15) is 18.4 Å². The minimum atomic E-state index is -2.98. The van der Waals surface area contributed by atoms with Gasteiger partial charge < -0.3 is 14.8 Å². The fraction of sp³-hybridized carbons (Fsp3) is 0.263. The number of Topliss-reactive ketones (excluding diaryl/α,β-unsaturated/α-hetero) is 1. The summed E-state index contributed by atoms with van der Waals surface area (Å²) in [4.78, 5) is 24.0. The van der Waals surface area contributed by atoms with Crippen molar-refractivity contribution < 1.29 is 27.8 Å². The first kappa shape index (κ1) is 20.6. The zero-order valence-corrected chi connectivity index (χ0v) is 15.3. The second-order valence-electron chi connectivity index (χ2n) is 5.57. The number of ether oxygens (including phenoxy) is 2. The van der Waals surface area contributed by atoms with E-state index in [0.29, 0.717) is 16.1 Å². The molecule has 0 spiro atoms. The molecule has 8 heteroatoms. The third-order valence-electron chi connectivity index (χ3n) is 3.68. The van der Waals surface area contributed by atoms with Crippen molar-refractivity contribution >= 4 is 23.3 Å². The molecule has 144 valence electrons. The molecule has 0 aliphatic carbocycles. The third-order valence-corrected chi connectivity index (χ3v) is 3.93. The second-order valence-corrected chi connectivity index (χ2v) is 6.01. The Morgan fingerprint density at radius 1 is 1.07 bits per heavy atom. The molecule has 0 saturated heterocycles. The monoisotopic (exact) mass is 397 g/mol. The number of carbonyl (C=O) groups excluding carboxylic acids is 2. The number of carbonyl (C=O) groups is 2. The van der Waals surface area contributed by atoms with Gasteiger partial charge in [-0.2, -0.15) is 8.78 Å². The van der Waals surface area contributed by atoms with Crippen LogP contribution < -0.4 is 14.8 Å². The van der Waals surface area contributed by atoms with E-state index >= 15 is 0 Å². The quantitative estimate of drug-likeness (QED) is 0.643. The number of rotatable bonds is 9. The number of ketones is 1. The standard InChI is InChI=1S/C19H18ClF2NO4/c1-26-16-8-2-12(10-17(16)27-19(21)22)11-23-18(25)9-7-15(24)13-3-5-14(20)6-4-13/h2-6,8,10,19H,7,9,11H2,1H3,(H,23,25). The van der Waals surface area contributed by atoms with Gasteiger partial charge in [0.25, 0.3) is 0 Å². The highest BCUT2D eigenvalue weighted by atomic mass is 35.5. The van der Waals surface area contributed by atoms with Gasteiger partial charge in [-0.25, -0.2) is 0 Å². The molecule has 0 aliphatic rings. The topological polar surface area (TPSA) is 64.6 Å². The predicted octanol–water partition coefficient (Wildman–Crippen LogP) is 4.23. The molecular formula is C19H18ClF2NO4. The van der Waals surface area contributed by atoms with Crippen LogP contribution in [0.25, 0.3) is 0 Å². The van der Waals surface area contributed by atoms with Crippen LogP contribution >= 0.6 is 11.6 Å². The maximum absolute atomic E-state index is 12.4. The van der Waals surface area contributed by atoms with E-state index in [1.54, 1.807) is 30.3 Å². The first-order valence-corrected chi connectivity index (χ1v) is 8.44. The van der Waals surface area contributed by atoms with E-state index in [2.05, 4.69) is 10.1 Å². The molecule has 1 N–H and O–H groups in total. The Morgan fingerprint density at radius 3 is 2.41 bits per heavy atom. The average Bonchev–Trinajstić information content (AvgIpc) is 2.64. The SMILES string of the molecule is COc1ccc(CNC(=O)CCC(=O)c2ccc(Cl)cc2)cc1OC(F)F. The molecule has 0 radical (unpaired) electrons. The number of hydrogen-bond donors (Lipinski definition) is 1. The summed E-state index contributed by atoms with van der Waals surface area (Å²) in [7, 11) is 1.34. The van der Waals surface area contributed by atoms with Crippen molar-refractivity contribution in [2.45, 2.75) is 26.0 Å². The van der Waals surface area contributed by atoms with Gasteiger partial charge in [-0.3, -0.25) is 9.59 Å². The van der Waals surface area contributed by atoms with Crippen molar-refractivity contribution in [2.24, 2.45) is 0 Å². The minimum absolute atomic E-state index is 0.0119. The highest BCUT2D eigenvalue weighted by molar-refractivity contribution is 6.30. The van der Waals surface area contributed by atoms with E-state index in [0.717, 1.165) is 0 Å². The van der Waals surface area contributed by atoms with Gasteiger partial charge in [-0.1, -0.05) is 17.7 Å². The lowest BCUT2D eigenvalue weighted by molar-refractivity contribution is -0.121. The van der Waals surface area contributed by atoms with Crippen LogP contribution in [0.2, 0.25) is 5.02 Å². The molecule has 0 bridgehead atoms. The maximum Gasteiger partial charge on any atom is 0.387 e. The Hall–Kier alpha value is -2.67. The summed E-state index contributed by atoms with van der Waals surface area (Å²) in [6.07, 6.45) is 0.0633. The number of alkyl halides is 2. The lowest BCUT2D eigenvalue weighted by Crippen LogP contribution is -2.23. The molecular weight excluding hydrogens is 380 g/mol. The number of amides is 1. The Balaban J connectivity index is 1.86. The van der Waals surface area contributed by atoms with Crippen LogP contribution in [0.4, 0.5) is 8.78 Å². The second kappa shape index (κ2) is 9.87. The summed E-state index contributed by atoms with van der Waals surface area (Å²) in [5, 5.41) is 3.16. The first-order valence-electron chi connectivity index (χ1n) is 8.06. The largest absolute Gasteiger partial charge is 0.493 e. The van der Waals surface area contributed by atoms with Crippen LogP contribution in [0.15, 0.2) is 42.5 Å². The van der Waals surface area contributed by atoms with E-state index in [-0.39, 0.29) is 42.6 Å². The summed E-state index contributed by atoms with van der Waals surface area (Å²) in [5.41, 5.74) is 1.04. The summed E-state index contributed by atoms with van der Waals surface area (Å²) in [6, 6.07) is 10.9. The molecule has 0 unspecified atom stereocenters. The van der Waals surface area contributed by atoms with Crippen LogP contribution in [-0.4, -0.2) is 25.4 Å². The third kappa shape index (κ3) is 6.53. The van der Waals surface area contributed by atoms with Crippen molar-refractivity contribution in [3.63, 3.8) is 0 Å². The first-order chi connectivity index (χ1) is 12.9. The van der Waals surface area contributed by atoms with Gasteiger partial charge in [-0.15, -0.1) is 0 Å². The van der Waals surface area contributed by atoms with Crippen molar-refractivity contribution in [1.29, 1.82) is 0 Å². The summed E-state index contributed by atoms with van der Waals surface area (Å²) >= 11 is 5.77. The molecule has 0 aliphatic heterocycles. The number of nitrogens with one attached hydrogen (secondary N) is 1. The van der Waals surface area contributed by atoms with Crippen molar-refractivity contribution in [3.05, 3.63) is 58.6 Å². The normalized spacial score (nSPS) is 10.6. The van der Waals surface area contributed by atoms with Crippen LogP contribution in [0, 0.1) is 0 Å². The van der Waals surface area contributed by atoms with Crippen molar-refractivity contribution in [2.75, 3.05) is 7.11 Å². The lowest BCUT2D eigenvalue weighted by atomic mass is 10.1. The molecule has 0 heterocycles. The molecule has 5 nitrogen and oxygen atoms in total. The number of methoxy groups -OCH3 is 1. The van der Waals surface area contributed by atoms with Crippen LogP contribution in [0.5, 0.6) is 11.5 Å². The predicted molar refractivity (Wildman–Crippen MR) is 96.5 cm³/mol. The van der Waals surface area contributed by atoms with Crippen LogP contribution in [-0.2, 0) is 11.3 Å². The molecule has 1 amide bonds. The molecule has 27 heavy (non-hydrogen) atoms. The van der Waals surface area contributed by atoms with Crippen molar-refractivity contribution in [3.8, 4) is 11.5 Å². The number of benzene rings is 2. The van der Waals surface area contributed by atoms with Gasteiger partial charge in [0.15, 0.2) is 17.3 Å². The molecule has 2 rings (SSSR count). The van der Waals surface area contributed by atoms with Crippen LogP contribution in [0.1, 0.15) is 28.8 Å². The highest BCUT2D eigenvalue weighted by Gasteiger charge is 2.13. The summed E-state index contributed by atoms with van der Waals surface area (Å²) < 4.78 is 34.2. The van der Waals surface area contributed by atoms with Gasteiger partial charge in [0.1, 0.15) is 0 Å². The van der Waals surface area contributed by atoms with Crippen LogP contribution in [0.3, 0.4) is 0 Å². The minimum Gasteiger partial charge on any atom is -0.493 e. The van der Waals surface area contributed by atoms with Gasteiger partial charge in [-0.05, 0) is 42.0 Å². The fourth-order valence-electron chi connectivity index (χ4n) is 2.32. The maximum atomic E-state index is 12.4. The summed E-state index contributed by atoms with van der Waals surface area (Å²) in [6.45, 7) is -2.87. The molecule has 2 aromatic rings. The van der Waals surface area contributed by atoms with Gasteiger partial charge in [0, 0.05) is 30.0 Å². The Labute approximate surface area is 160 Å². The lowest BCUT2D eigenvalue weighted by Gasteiger charge is -2.12. The van der Waals surface area contributed by atoms with E-state index in [1.807, 2.05) is 0 Å². The number of halogens is 3. The fourth-order valence-corrected chi connectivity index (χ4v) is 2.44. The zero-order chi connectivity index (χ0) is 19.8. The molecule has 0 atom stereocenters. The molecule has 2 aromatic carbocycles. The van der Waals surface area contributed by atoms with E-state index in [4.69, 9.17) is 16.3 Å². The average molecular weight is 398 g/mol. The van der Waals surface area contributed by atoms with Crippen molar-refractivity contribution in [1.82, 2.24) is 5.32 Å². The highest BCUT2D eigenvalue weighted by Crippen LogP contribution is 2.29. The Bertz CT molecular complexity index is 797. The number of hydrogen-bond acceptors (Lipinski definition) is 4. The van der Waals surface area contributed by atoms with Gasteiger partial charge in [0.2, 0.25) is 5.91 Å². The van der Waals surface area contributed by atoms with E-state index < -0.39 is 6.61 Å². The Kier molecular flexibility index (Phi) is 7.55. The molecule has 0 aromatic heterocycles. The smallest absolute Gasteiger partial charge is 0.387 e. The zero-order valence-electron chi connectivity index (χ0n) is 14.5. The Morgan fingerprint density at radius 2 is 1.78 bits per heavy atom. The molecule has 0 saturated carbocycles. The van der Waals surface area contributed by atoms with Gasteiger partial charge in [0.05, 0.1) is 7.11 Å². The summed E-state index contributed by atoms with van der Waals surface area (Å²) in [5.74, 6) is -0.445.